The Bertz CT molecular complexity index is 1100. The Labute approximate surface area is 172 Å². The lowest BCUT2D eigenvalue weighted by Crippen LogP contribution is -2.50. The van der Waals surface area contributed by atoms with Gasteiger partial charge in [0.2, 0.25) is 5.91 Å². The number of pyridine rings is 1. The summed E-state index contributed by atoms with van der Waals surface area (Å²) in [6.45, 7) is 0.651. The molecule has 0 radical (unpaired) electrons. The molecule has 1 N–H and O–H groups in total. The summed E-state index contributed by atoms with van der Waals surface area (Å²) >= 11 is 0. The second kappa shape index (κ2) is 8.13. The molecule has 154 valence electrons. The first-order chi connectivity index (χ1) is 14.5. The highest BCUT2D eigenvalue weighted by atomic mass is 16.5. The Hall–Kier alpha value is -3.44. The molecule has 2 aliphatic rings. The van der Waals surface area contributed by atoms with Crippen molar-refractivity contribution in [2.75, 3.05) is 26.3 Å². The number of benzene rings is 1. The summed E-state index contributed by atoms with van der Waals surface area (Å²) in [6, 6.07) is 12.8. The van der Waals surface area contributed by atoms with Crippen molar-refractivity contribution >= 4 is 11.9 Å². The van der Waals surface area contributed by atoms with Gasteiger partial charge in [-0.2, -0.15) is 5.26 Å². The third-order valence-corrected chi connectivity index (χ3v) is 5.73. The van der Waals surface area contributed by atoms with E-state index in [1.807, 2.05) is 12.1 Å². The molecule has 3 heterocycles. The Kier molecular flexibility index (Phi) is 5.38. The molecule has 4 rings (SSSR count). The van der Waals surface area contributed by atoms with E-state index in [1.165, 1.54) is 6.07 Å². The van der Waals surface area contributed by atoms with Crippen molar-refractivity contribution in [3.05, 3.63) is 58.0 Å². The van der Waals surface area contributed by atoms with E-state index in [4.69, 9.17) is 9.84 Å². The second-order valence-corrected chi connectivity index (χ2v) is 7.72. The lowest BCUT2D eigenvalue weighted by atomic mass is 9.80. The van der Waals surface area contributed by atoms with Gasteiger partial charge in [-0.1, -0.05) is 18.2 Å². The van der Waals surface area contributed by atoms with Crippen molar-refractivity contribution in [2.24, 2.45) is 5.92 Å². The van der Waals surface area contributed by atoms with Crippen LogP contribution in [0.4, 0.5) is 0 Å². The molecule has 0 saturated carbocycles. The van der Waals surface area contributed by atoms with E-state index in [0.29, 0.717) is 25.2 Å². The van der Waals surface area contributed by atoms with Crippen molar-refractivity contribution in [3.8, 4) is 17.2 Å². The van der Waals surface area contributed by atoms with Crippen LogP contribution in [0.1, 0.15) is 23.6 Å². The number of carbonyl (C=O) groups is 2. The molecular weight excluding hydrogens is 386 g/mol. The molecule has 0 aliphatic carbocycles. The topological polar surface area (TPSA) is 113 Å². The molecule has 2 aromatic rings. The Morgan fingerprint density at radius 1 is 1.10 bits per heavy atom. The minimum atomic E-state index is -1.12. The van der Waals surface area contributed by atoms with Gasteiger partial charge >= 0.3 is 5.97 Å². The quantitative estimate of drug-likeness (QED) is 0.802. The number of piperidine rings is 1. The number of rotatable bonds is 5. The third-order valence-electron chi connectivity index (χ3n) is 5.73. The first-order valence-electron chi connectivity index (χ1n) is 9.78. The van der Waals surface area contributed by atoms with Crippen molar-refractivity contribution in [1.82, 2.24) is 9.47 Å². The maximum Gasteiger partial charge on any atom is 0.329 e. The summed E-state index contributed by atoms with van der Waals surface area (Å²) in [7, 11) is 0. The van der Waals surface area contributed by atoms with Crippen molar-refractivity contribution in [2.45, 2.75) is 18.9 Å². The molecule has 0 spiro atoms. The summed E-state index contributed by atoms with van der Waals surface area (Å²) in [6.07, 6.45) is 0.852. The van der Waals surface area contributed by atoms with Gasteiger partial charge in [-0.3, -0.25) is 9.59 Å². The molecule has 30 heavy (non-hydrogen) atoms. The SMILES string of the molecule is N#Cc1ccccc1-c1ccc(=O)n2c1[C@@H]1C[C@@H](CN(C(=O)COCC(=O)O)C1)C2. The molecule has 1 amide bonds. The van der Waals surface area contributed by atoms with E-state index in [1.54, 1.807) is 27.7 Å². The minimum absolute atomic E-state index is 0.0448. The zero-order chi connectivity index (χ0) is 21.3. The van der Waals surface area contributed by atoms with Crippen LogP contribution in [0.25, 0.3) is 11.1 Å². The van der Waals surface area contributed by atoms with Gasteiger partial charge in [0, 0.05) is 48.4 Å². The monoisotopic (exact) mass is 407 g/mol. The maximum absolute atomic E-state index is 12.6. The van der Waals surface area contributed by atoms with Gasteiger partial charge in [0.15, 0.2) is 0 Å². The molecular formula is C22H21N3O5. The average molecular weight is 407 g/mol. The molecule has 8 nitrogen and oxygen atoms in total. The molecule has 2 aliphatic heterocycles. The van der Waals surface area contributed by atoms with E-state index < -0.39 is 12.6 Å². The van der Waals surface area contributed by atoms with Gasteiger partial charge in [0.1, 0.15) is 13.2 Å². The molecule has 0 unspecified atom stereocenters. The maximum atomic E-state index is 12.6. The number of nitriles is 1. The van der Waals surface area contributed by atoms with Crippen molar-refractivity contribution in [1.29, 1.82) is 5.26 Å². The van der Waals surface area contributed by atoms with Gasteiger partial charge in [-0.05, 0) is 24.5 Å². The van der Waals surface area contributed by atoms with Crippen LogP contribution >= 0.6 is 0 Å². The zero-order valence-corrected chi connectivity index (χ0v) is 16.3. The van der Waals surface area contributed by atoms with Gasteiger partial charge in [0.25, 0.3) is 5.56 Å². The molecule has 2 bridgehead atoms. The van der Waals surface area contributed by atoms with Crippen LogP contribution in [-0.4, -0.2) is 52.8 Å². The summed E-state index contributed by atoms with van der Waals surface area (Å²) in [4.78, 5) is 37.4. The number of fused-ring (bicyclic) bond motifs is 4. The molecule has 8 heteroatoms. The van der Waals surface area contributed by atoms with E-state index in [2.05, 4.69) is 6.07 Å². The van der Waals surface area contributed by atoms with Crippen molar-refractivity contribution < 1.29 is 19.4 Å². The fourth-order valence-electron chi connectivity index (χ4n) is 4.58. The van der Waals surface area contributed by atoms with Gasteiger partial charge < -0.3 is 19.3 Å². The fourth-order valence-corrected chi connectivity index (χ4v) is 4.58. The van der Waals surface area contributed by atoms with Crippen molar-refractivity contribution in [3.63, 3.8) is 0 Å². The van der Waals surface area contributed by atoms with Gasteiger partial charge in [-0.15, -0.1) is 0 Å². The van der Waals surface area contributed by atoms with E-state index in [9.17, 15) is 19.6 Å². The van der Waals surface area contributed by atoms with Crippen LogP contribution in [-0.2, 0) is 20.9 Å². The largest absolute Gasteiger partial charge is 0.480 e. The van der Waals surface area contributed by atoms with Crippen LogP contribution in [0.15, 0.2) is 41.2 Å². The highest BCUT2D eigenvalue weighted by Crippen LogP contribution is 2.40. The zero-order valence-electron chi connectivity index (χ0n) is 16.3. The predicted octanol–water partition coefficient (Wildman–Crippen LogP) is 1.43. The number of nitrogens with zero attached hydrogens (tertiary/aromatic N) is 3. The molecule has 1 fully saturated rings. The Morgan fingerprint density at radius 2 is 1.90 bits per heavy atom. The van der Waals surface area contributed by atoms with Crippen LogP contribution in [0.3, 0.4) is 0 Å². The predicted molar refractivity (Wildman–Crippen MR) is 107 cm³/mol. The number of hydrogen-bond acceptors (Lipinski definition) is 5. The number of carboxylic acid groups (broad SMARTS) is 1. The number of ether oxygens (including phenoxy) is 1. The third kappa shape index (κ3) is 3.72. The number of carbonyl (C=O) groups excluding carboxylic acids is 1. The number of hydrogen-bond donors (Lipinski definition) is 1. The second-order valence-electron chi connectivity index (χ2n) is 7.72. The fraction of sp³-hybridized carbons (Fsp3) is 0.364. The van der Waals surface area contributed by atoms with Crippen LogP contribution in [0.2, 0.25) is 0 Å². The van der Waals surface area contributed by atoms with Gasteiger partial charge in [0.05, 0.1) is 11.6 Å². The highest BCUT2D eigenvalue weighted by Gasteiger charge is 2.38. The van der Waals surface area contributed by atoms with E-state index >= 15 is 0 Å². The number of aromatic nitrogens is 1. The molecule has 1 aromatic heterocycles. The highest BCUT2D eigenvalue weighted by molar-refractivity contribution is 5.78. The van der Waals surface area contributed by atoms with Gasteiger partial charge in [-0.25, -0.2) is 4.79 Å². The number of likely N-dealkylation sites (tertiary alicyclic amines) is 1. The summed E-state index contributed by atoms with van der Waals surface area (Å²) in [5, 5.41) is 18.2. The lowest BCUT2D eigenvalue weighted by Gasteiger charge is -2.43. The molecule has 2 atom stereocenters. The number of amides is 1. The van der Waals surface area contributed by atoms with Crippen LogP contribution in [0, 0.1) is 17.2 Å². The van der Waals surface area contributed by atoms with Crippen LogP contribution < -0.4 is 5.56 Å². The standard InChI is InChI=1S/C22H21N3O5/c23-8-15-3-1-2-4-17(15)18-5-6-19(26)25-10-14-7-16(22(18)25)11-24(9-14)20(27)12-30-13-21(28)29/h1-6,14,16H,7,9-13H2,(H,28,29)/t14-,16+/m0/s1. The normalized spacial score (nSPS) is 19.6. The summed E-state index contributed by atoms with van der Waals surface area (Å²) < 4.78 is 6.74. The summed E-state index contributed by atoms with van der Waals surface area (Å²) in [5.74, 6) is -1.28. The number of carboxylic acids is 1. The smallest absolute Gasteiger partial charge is 0.329 e. The average Bonchev–Trinajstić information content (AvgIpc) is 2.74. The van der Waals surface area contributed by atoms with Crippen LogP contribution in [0.5, 0.6) is 0 Å². The Morgan fingerprint density at radius 3 is 2.67 bits per heavy atom. The van der Waals surface area contributed by atoms with E-state index in [-0.39, 0.29) is 29.9 Å². The van der Waals surface area contributed by atoms with E-state index in [0.717, 1.165) is 23.2 Å². The summed E-state index contributed by atoms with van der Waals surface area (Å²) in [5.41, 5.74) is 2.92. The molecule has 1 saturated heterocycles. The Balaban J connectivity index is 1.67. The lowest BCUT2D eigenvalue weighted by molar-refractivity contribution is -0.146. The minimum Gasteiger partial charge on any atom is -0.480 e. The first-order valence-corrected chi connectivity index (χ1v) is 9.78. The number of aliphatic carboxylic acids is 1. The first kappa shape index (κ1) is 19.9. The molecule has 1 aromatic carbocycles.